The predicted octanol–water partition coefficient (Wildman–Crippen LogP) is 11.2. The fourth-order valence-electron chi connectivity index (χ4n) is 8.06. The Bertz CT molecular complexity index is 2270. The van der Waals surface area contributed by atoms with Crippen molar-refractivity contribution in [3.63, 3.8) is 0 Å². The number of hydrogen-bond donors (Lipinski definition) is 0. The molecule has 0 aliphatic carbocycles. The highest BCUT2D eigenvalue weighted by Gasteiger charge is 2.40. The van der Waals surface area contributed by atoms with Gasteiger partial charge in [0.1, 0.15) is 0 Å². The van der Waals surface area contributed by atoms with E-state index in [1.165, 1.54) is 77.9 Å². The summed E-state index contributed by atoms with van der Waals surface area (Å²) >= 11 is 0. The number of hydrogen-bond acceptors (Lipinski definition) is 1. The van der Waals surface area contributed by atoms with Crippen LogP contribution in [0.25, 0.3) is 38.6 Å². The highest BCUT2D eigenvalue weighted by molar-refractivity contribution is 6.14. The lowest BCUT2D eigenvalue weighted by Gasteiger charge is -2.42. The van der Waals surface area contributed by atoms with Gasteiger partial charge in [-0.3, -0.25) is 0 Å². The van der Waals surface area contributed by atoms with Crippen molar-refractivity contribution in [2.45, 2.75) is 38.5 Å². The summed E-state index contributed by atoms with van der Waals surface area (Å²) < 4.78 is 2.55. The molecule has 212 valence electrons. The lowest BCUT2D eigenvalue weighted by Crippen LogP contribution is -2.30. The first-order valence-electron chi connectivity index (χ1n) is 15.6. The molecular formula is C42H34N2. The molecule has 2 aliphatic rings. The van der Waals surface area contributed by atoms with Crippen molar-refractivity contribution < 1.29 is 0 Å². The lowest BCUT2D eigenvalue weighted by atomic mass is 9.73. The van der Waals surface area contributed by atoms with Crippen LogP contribution < -0.4 is 4.90 Å². The number of benzene rings is 6. The maximum absolute atomic E-state index is 2.55. The Hall–Kier alpha value is -5.08. The van der Waals surface area contributed by atoms with Crippen molar-refractivity contribution in [1.29, 1.82) is 0 Å². The highest BCUT2D eigenvalue weighted by Crippen LogP contribution is 2.55. The SMILES string of the molecule is CC1(C)c2ccccc2N(c2ccccc2)c2cc3c(cc21)c1cc(-c2ccccc2)cc2c1n3-c1ccccc1C2(C)C. The minimum atomic E-state index is -0.170. The number of rotatable bonds is 2. The van der Waals surface area contributed by atoms with E-state index < -0.39 is 0 Å². The third-order valence-electron chi connectivity index (χ3n) is 10.3. The lowest BCUT2D eigenvalue weighted by molar-refractivity contribution is 0.630. The van der Waals surface area contributed by atoms with E-state index in [0.29, 0.717) is 0 Å². The minimum Gasteiger partial charge on any atom is -0.310 e. The normalized spacial score (nSPS) is 15.6. The number of nitrogens with zero attached hydrogens (tertiary/aromatic N) is 2. The van der Waals surface area contributed by atoms with Crippen LogP contribution in [0.5, 0.6) is 0 Å². The maximum Gasteiger partial charge on any atom is 0.0582 e. The van der Waals surface area contributed by atoms with Crippen LogP contribution in [0.15, 0.2) is 133 Å². The molecule has 2 aliphatic heterocycles. The third-order valence-corrected chi connectivity index (χ3v) is 10.3. The average Bonchev–Trinajstić information content (AvgIpc) is 3.37. The van der Waals surface area contributed by atoms with Gasteiger partial charge in [0.15, 0.2) is 0 Å². The van der Waals surface area contributed by atoms with Crippen LogP contribution in [-0.4, -0.2) is 4.57 Å². The molecule has 7 aromatic rings. The van der Waals surface area contributed by atoms with Crippen LogP contribution in [0.1, 0.15) is 49.9 Å². The molecule has 6 aromatic carbocycles. The van der Waals surface area contributed by atoms with Crippen LogP contribution >= 0.6 is 0 Å². The third kappa shape index (κ3) is 3.26. The van der Waals surface area contributed by atoms with Gasteiger partial charge in [-0.25, -0.2) is 0 Å². The second-order valence-electron chi connectivity index (χ2n) is 13.5. The van der Waals surface area contributed by atoms with E-state index in [9.17, 15) is 0 Å². The summed E-state index contributed by atoms with van der Waals surface area (Å²) in [6.07, 6.45) is 0. The fourth-order valence-corrected chi connectivity index (χ4v) is 8.06. The van der Waals surface area contributed by atoms with Crippen LogP contribution in [0.3, 0.4) is 0 Å². The van der Waals surface area contributed by atoms with Gasteiger partial charge in [0.2, 0.25) is 0 Å². The van der Waals surface area contributed by atoms with Crippen LogP contribution in [0.4, 0.5) is 17.1 Å². The molecule has 9 rings (SSSR count). The first kappa shape index (κ1) is 25.4. The largest absolute Gasteiger partial charge is 0.310 e. The maximum atomic E-state index is 2.55. The molecule has 0 N–H and O–H groups in total. The van der Waals surface area contributed by atoms with E-state index in [2.05, 4.69) is 171 Å². The summed E-state index contributed by atoms with van der Waals surface area (Å²) in [5, 5.41) is 2.63. The minimum absolute atomic E-state index is 0.144. The molecular weight excluding hydrogens is 532 g/mol. The van der Waals surface area contributed by atoms with Crippen LogP contribution in [0.2, 0.25) is 0 Å². The van der Waals surface area contributed by atoms with Gasteiger partial charge in [0, 0.05) is 27.3 Å². The molecule has 0 spiro atoms. The second-order valence-corrected chi connectivity index (χ2v) is 13.5. The smallest absolute Gasteiger partial charge is 0.0582 e. The van der Waals surface area contributed by atoms with E-state index in [-0.39, 0.29) is 10.8 Å². The molecule has 44 heavy (non-hydrogen) atoms. The molecule has 1 aromatic heterocycles. The first-order valence-corrected chi connectivity index (χ1v) is 15.6. The van der Waals surface area contributed by atoms with E-state index in [0.717, 1.165) is 0 Å². The van der Waals surface area contributed by atoms with Crippen LogP contribution in [0, 0.1) is 0 Å². The number of anilines is 3. The molecule has 3 heterocycles. The van der Waals surface area contributed by atoms with Crippen molar-refractivity contribution in [2.24, 2.45) is 0 Å². The molecule has 0 unspecified atom stereocenters. The standard InChI is InChI=1S/C42H34N2/c1-41(2)32-19-11-13-21-36(32)43(29-17-9-6-10-18-29)39-26-38-30(25-34(39)41)31-23-28(27-15-7-5-8-16-27)24-35-40(31)44(38)37-22-14-12-20-33(37)42(35,3)4/h5-26H,1-4H3. The summed E-state index contributed by atoms with van der Waals surface area (Å²) in [6.45, 7) is 9.54. The van der Waals surface area contributed by atoms with E-state index in [1.807, 2.05) is 0 Å². The Kier molecular flexibility index (Phi) is 5.05. The Morgan fingerprint density at radius 3 is 1.75 bits per heavy atom. The molecule has 2 nitrogen and oxygen atoms in total. The Labute approximate surface area is 258 Å². The molecule has 0 saturated carbocycles. The highest BCUT2D eigenvalue weighted by atomic mass is 15.2. The van der Waals surface area contributed by atoms with Gasteiger partial charge in [-0.05, 0) is 81.9 Å². The first-order chi connectivity index (χ1) is 21.4. The Morgan fingerprint density at radius 2 is 1.02 bits per heavy atom. The van der Waals surface area contributed by atoms with Gasteiger partial charge in [-0.15, -0.1) is 0 Å². The zero-order chi connectivity index (χ0) is 29.8. The zero-order valence-electron chi connectivity index (χ0n) is 25.6. The molecule has 0 bridgehead atoms. The molecule has 0 amide bonds. The number of fused-ring (bicyclic) bond motifs is 7. The Morgan fingerprint density at radius 1 is 0.432 bits per heavy atom. The van der Waals surface area contributed by atoms with Gasteiger partial charge in [0.25, 0.3) is 0 Å². The number of para-hydroxylation sites is 3. The van der Waals surface area contributed by atoms with E-state index in [1.54, 1.807) is 0 Å². The van der Waals surface area contributed by atoms with Crippen molar-refractivity contribution in [3.8, 4) is 16.8 Å². The fraction of sp³-hybridized carbons (Fsp3) is 0.143. The second kappa shape index (κ2) is 8.74. The molecule has 0 atom stereocenters. The summed E-state index contributed by atoms with van der Waals surface area (Å²) in [6, 6.07) is 49.5. The molecule has 2 heteroatoms. The summed E-state index contributed by atoms with van der Waals surface area (Å²) in [7, 11) is 0. The summed E-state index contributed by atoms with van der Waals surface area (Å²) in [5.41, 5.74) is 15.2. The van der Waals surface area contributed by atoms with Crippen molar-refractivity contribution >= 4 is 38.9 Å². The summed E-state index contributed by atoms with van der Waals surface area (Å²) in [4.78, 5) is 2.47. The average molecular weight is 567 g/mol. The topological polar surface area (TPSA) is 8.17 Å². The zero-order valence-corrected chi connectivity index (χ0v) is 25.6. The van der Waals surface area contributed by atoms with Crippen molar-refractivity contribution in [1.82, 2.24) is 4.57 Å². The predicted molar refractivity (Wildman–Crippen MR) is 185 cm³/mol. The molecule has 0 radical (unpaired) electrons. The van der Waals surface area contributed by atoms with Gasteiger partial charge < -0.3 is 9.47 Å². The molecule has 0 fully saturated rings. The van der Waals surface area contributed by atoms with E-state index >= 15 is 0 Å². The van der Waals surface area contributed by atoms with Gasteiger partial charge in [-0.1, -0.05) is 113 Å². The number of aromatic nitrogens is 1. The van der Waals surface area contributed by atoms with Gasteiger partial charge in [-0.2, -0.15) is 0 Å². The summed E-state index contributed by atoms with van der Waals surface area (Å²) in [5.74, 6) is 0. The quantitative estimate of drug-likeness (QED) is 0.202. The van der Waals surface area contributed by atoms with Crippen molar-refractivity contribution in [2.75, 3.05) is 4.90 Å². The molecule has 0 saturated heterocycles. The monoisotopic (exact) mass is 566 g/mol. The van der Waals surface area contributed by atoms with Crippen LogP contribution in [-0.2, 0) is 10.8 Å². The van der Waals surface area contributed by atoms with Gasteiger partial charge >= 0.3 is 0 Å². The van der Waals surface area contributed by atoms with Gasteiger partial charge in [0.05, 0.1) is 28.1 Å². The van der Waals surface area contributed by atoms with E-state index in [4.69, 9.17) is 0 Å². The van der Waals surface area contributed by atoms with Crippen molar-refractivity contribution in [3.05, 3.63) is 156 Å². The Balaban J connectivity index is 1.46.